The first-order valence-corrected chi connectivity index (χ1v) is 8.19. The average molecular weight is 346 g/mol. The molecule has 0 aliphatic heterocycles. The molecule has 134 valence electrons. The van der Waals surface area contributed by atoms with Gasteiger partial charge < -0.3 is 15.5 Å². The molecule has 2 N–H and O–H groups in total. The second-order valence-electron chi connectivity index (χ2n) is 5.81. The molecule has 0 aliphatic carbocycles. The van der Waals surface area contributed by atoms with Crippen LogP contribution in [0.5, 0.6) is 0 Å². The molecule has 0 bridgehead atoms. The number of nitrogens with one attached hydrogen (secondary N) is 2. The van der Waals surface area contributed by atoms with Crippen LogP contribution in [0.25, 0.3) is 0 Å². The summed E-state index contributed by atoms with van der Waals surface area (Å²) in [6.07, 6.45) is 0. The second-order valence-corrected chi connectivity index (χ2v) is 5.81. The van der Waals surface area contributed by atoms with Crippen molar-refractivity contribution in [3.63, 3.8) is 0 Å². The Hall–Kier alpha value is -2.47. The molecule has 0 aromatic heterocycles. The molecule has 2 rings (SSSR count). The molecule has 0 saturated carbocycles. The van der Waals surface area contributed by atoms with Crippen LogP contribution in [-0.2, 0) is 13.1 Å². The van der Waals surface area contributed by atoms with Crippen LogP contribution in [0.1, 0.15) is 11.1 Å². The van der Waals surface area contributed by atoms with Gasteiger partial charge in [0.2, 0.25) is 0 Å². The van der Waals surface area contributed by atoms with Crippen LogP contribution in [-0.4, -0.2) is 38.0 Å². The van der Waals surface area contributed by atoms with E-state index >= 15 is 0 Å². The zero-order valence-electron chi connectivity index (χ0n) is 14.6. The van der Waals surface area contributed by atoms with Crippen molar-refractivity contribution in [2.75, 3.05) is 27.2 Å². The van der Waals surface area contributed by atoms with Crippen molar-refractivity contribution in [1.82, 2.24) is 15.5 Å². The van der Waals surface area contributed by atoms with Gasteiger partial charge >= 0.3 is 0 Å². The normalized spacial score (nSPS) is 11.6. The van der Waals surface area contributed by atoms with Crippen LogP contribution >= 0.6 is 0 Å². The van der Waals surface area contributed by atoms with Gasteiger partial charge in [0.1, 0.15) is 11.6 Å². The molecule has 25 heavy (non-hydrogen) atoms. The molecule has 0 fully saturated rings. The molecule has 0 saturated heterocycles. The van der Waals surface area contributed by atoms with E-state index in [-0.39, 0.29) is 12.1 Å². The molecule has 6 heteroatoms. The second kappa shape index (κ2) is 9.74. The van der Waals surface area contributed by atoms with Crippen LogP contribution < -0.4 is 10.6 Å². The number of hydrogen-bond acceptors (Lipinski definition) is 2. The molecular weight excluding hydrogens is 322 g/mol. The molecule has 4 nitrogen and oxygen atoms in total. The van der Waals surface area contributed by atoms with Gasteiger partial charge in [-0.05, 0) is 30.8 Å². The van der Waals surface area contributed by atoms with E-state index in [4.69, 9.17) is 0 Å². The van der Waals surface area contributed by atoms with Gasteiger partial charge in [0.15, 0.2) is 5.96 Å². The van der Waals surface area contributed by atoms with E-state index in [0.29, 0.717) is 12.5 Å². The fourth-order valence-corrected chi connectivity index (χ4v) is 2.42. The maximum atomic E-state index is 13.6. The number of rotatable bonds is 7. The van der Waals surface area contributed by atoms with Crippen molar-refractivity contribution in [1.29, 1.82) is 0 Å². The zero-order chi connectivity index (χ0) is 18.1. The van der Waals surface area contributed by atoms with E-state index in [0.717, 1.165) is 25.2 Å². The van der Waals surface area contributed by atoms with Gasteiger partial charge in [-0.25, -0.2) is 8.78 Å². The highest BCUT2D eigenvalue weighted by Crippen LogP contribution is 2.09. The Labute approximate surface area is 147 Å². The monoisotopic (exact) mass is 346 g/mol. The molecule has 0 unspecified atom stereocenters. The molecule has 2 aromatic rings. The largest absolute Gasteiger partial charge is 0.355 e. The Kier molecular flexibility index (Phi) is 7.35. The van der Waals surface area contributed by atoms with Crippen molar-refractivity contribution < 1.29 is 8.78 Å². The van der Waals surface area contributed by atoms with E-state index in [1.54, 1.807) is 7.05 Å². The fraction of sp³-hybridized carbons (Fsp3) is 0.316. The first-order chi connectivity index (χ1) is 12.1. The van der Waals surface area contributed by atoms with E-state index in [9.17, 15) is 8.78 Å². The van der Waals surface area contributed by atoms with Gasteiger partial charge in [0.25, 0.3) is 0 Å². The lowest BCUT2D eigenvalue weighted by atomic mass is 10.2. The summed E-state index contributed by atoms with van der Waals surface area (Å²) in [6.45, 7) is 2.55. The third kappa shape index (κ3) is 6.51. The molecule has 0 radical (unpaired) electrons. The van der Waals surface area contributed by atoms with Gasteiger partial charge in [0, 0.05) is 38.8 Å². The predicted octanol–water partition coefficient (Wildman–Crippen LogP) is 2.76. The lowest BCUT2D eigenvalue weighted by molar-refractivity contribution is 0.331. The molecule has 0 heterocycles. The maximum Gasteiger partial charge on any atom is 0.191 e. The van der Waals surface area contributed by atoms with Crippen molar-refractivity contribution >= 4 is 5.96 Å². The number of likely N-dealkylation sites (N-methyl/N-ethyl adjacent to an activating group) is 1. The maximum absolute atomic E-state index is 13.6. The van der Waals surface area contributed by atoms with E-state index in [2.05, 4.69) is 32.7 Å². The molecule has 0 amide bonds. The summed E-state index contributed by atoms with van der Waals surface area (Å²) < 4.78 is 26.8. The summed E-state index contributed by atoms with van der Waals surface area (Å²) in [5.74, 6) is -0.340. The summed E-state index contributed by atoms with van der Waals surface area (Å²) >= 11 is 0. The minimum absolute atomic E-state index is 0.170. The average Bonchev–Trinajstić information content (AvgIpc) is 2.61. The van der Waals surface area contributed by atoms with Gasteiger partial charge in [0.05, 0.1) is 0 Å². The summed E-state index contributed by atoms with van der Waals surface area (Å²) in [5.41, 5.74) is 1.53. The van der Waals surface area contributed by atoms with Crippen molar-refractivity contribution in [3.05, 3.63) is 71.3 Å². The SMILES string of the molecule is CN=C(NCCN(C)Cc1ccccc1)NCc1cc(F)ccc1F. The first kappa shape index (κ1) is 18.9. The van der Waals surface area contributed by atoms with Crippen LogP contribution in [0.4, 0.5) is 8.78 Å². The molecular formula is C19H24F2N4. The fourth-order valence-electron chi connectivity index (χ4n) is 2.42. The standard InChI is InChI=1S/C19H24F2N4/c1-22-19(24-13-16-12-17(20)8-9-18(16)21)23-10-11-25(2)14-15-6-4-3-5-7-15/h3-9,12H,10-11,13-14H2,1-2H3,(H2,22,23,24). The minimum Gasteiger partial charge on any atom is -0.355 e. The number of halogens is 2. The Morgan fingerprint density at radius 2 is 1.84 bits per heavy atom. The lowest BCUT2D eigenvalue weighted by Gasteiger charge is -2.18. The first-order valence-electron chi connectivity index (χ1n) is 8.19. The van der Waals surface area contributed by atoms with E-state index < -0.39 is 11.6 Å². The summed E-state index contributed by atoms with van der Waals surface area (Å²) in [6, 6.07) is 13.7. The third-order valence-corrected chi connectivity index (χ3v) is 3.76. The van der Waals surface area contributed by atoms with E-state index in [1.165, 1.54) is 11.6 Å². The van der Waals surface area contributed by atoms with Crippen molar-refractivity contribution in [2.24, 2.45) is 4.99 Å². The highest BCUT2D eigenvalue weighted by atomic mass is 19.1. The molecule has 2 aromatic carbocycles. The predicted molar refractivity (Wildman–Crippen MR) is 97.3 cm³/mol. The highest BCUT2D eigenvalue weighted by molar-refractivity contribution is 5.79. The summed E-state index contributed by atoms with van der Waals surface area (Å²) in [5, 5.41) is 6.16. The number of hydrogen-bond donors (Lipinski definition) is 2. The van der Waals surface area contributed by atoms with Gasteiger partial charge in [-0.2, -0.15) is 0 Å². The molecule has 0 spiro atoms. The van der Waals surface area contributed by atoms with Gasteiger partial charge in [-0.1, -0.05) is 30.3 Å². The minimum atomic E-state index is -0.455. The summed E-state index contributed by atoms with van der Waals surface area (Å²) in [7, 11) is 3.69. The smallest absolute Gasteiger partial charge is 0.191 e. The Morgan fingerprint density at radius 3 is 2.56 bits per heavy atom. The van der Waals surface area contributed by atoms with Gasteiger partial charge in [-0.3, -0.25) is 4.99 Å². The molecule has 0 aliphatic rings. The highest BCUT2D eigenvalue weighted by Gasteiger charge is 2.06. The Morgan fingerprint density at radius 1 is 1.08 bits per heavy atom. The Balaban J connectivity index is 1.74. The lowest BCUT2D eigenvalue weighted by Crippen LogP contribution is -2.40. The van der Waals surface area contributed by atoms with Crippen LogP contribution in [0.15, 0.2) is 53.5 Å². The number of benzene rings is 2. The zero-order valence-corrected chi connectivity index (χ0v) is 14.6. The third-order valence-electron chi connectivity index (χ3n) is 3.76. The van der Waals surface area contributed by atoms with Crippen molar-refractivity contribution in [3.8, 4) is 0 Å². The van der Waals surface area contributed by atoms with Crippen LogP contribution in [0.3, 0.4) is 0 Å². The van der Waals surface area contributed by atoms with Gasteiger partial charge in [-0.15, -0.1) is 0 Å². The summed E-state index contributed by atoms with van der Waals surface area (Å²) in [4.78, 5) is 6.29. The number of guanidine groups is 1. The topological polar surface area (TPSA) is 39.7 Å². The van der Waals surface area contributed by atoms with Crippen LogP contribution in [0.2, 0.25) is 0 Å². The number of aliphatic imine (C=N–C) groups is 1. The van der Waals surface area contributed by atoms with Crippen molar-refractivity contribution in [2.45, 2.75) is 13.1 Å². The number of nitrogens with zero attached hydrogens (tertiary/aromatic N) is 2. The molecule has 0 atom stereocenters. The Bertz CT molecular complexity index is 689. The van der Waals surface area contributed by atoms with E-state index in [1.807, 2.05) is 25.2 Å². The quantitative estimate of drug-likeness (QED) is 0.598. The van der Waals surface area contributed by atoms with Crippen LogP contribution in [0, 0.1) is 11.6 Å².